The molecule has 0 fully saturated rings. The van der Waals surface area contributed by atoms with Crippen molar-refractivity contribution in [1.82, 2.24) is 5.32 Å². The number of aliphatic hydroxyl groups excluding tert-OH is 1. The minimum absolute atomic E-state index is 0.0718. The van der Waals surface area contributed by atoms with Gasteiger partial charge in [-0.05, 0) is 26.7 Å². The normalized spacial score (nSPS) is 14.4. The van der Waals surface area contributed by atoms with Crippen molar-refractivity contribution in [2.24, 2.45) is 0 Å². The van der Waals surface area contributed by atoms with Crippen molar-refractivity contribution in [2.75, 3.05) is 0 Å². The second kappa shape index (κ2) is 10.6. The van der Waals surface area contributed by atoms with Crippen LogP contribution in [0.5, 0.6) is 0 Å². The molecule has 2 unspecified atom stereocenters. The van der Waals surface area contributed by atoms with Crippen LogP contribution in [0, 0.1) is 0 Å². The van der Waals surface area contributed by atoms with Crippen molar-refractivity contribution in [2.45, 2.75) is 84.3 Å². The highest BCUT2D eigenvalue weighted by atomic mass is 16.3. The highest BCUT2D eigenvalue weighted by molar-refractivity contribution is 5.76. The van der Waals surface area contributed by atoms with Crippen molar-refractivity contribution in [3.63, 3.8) is 0 Å². The van der Waals surface area contributed by atoms with Crippen LogP contribution in [0.4, 0.5) is 0 Å². The summed E-state index contributed by atoms with van der Waals surface area (Å²) in [6.07, 6.45) is 8.13. The predicted molar refractivity (Wildman–Crippen MR) is 71.9 cm³/mol. The van der Waals surface area contributed by atoms with Crippen LogP contribution in [0.3, 0.4) is 0 Å². The number of hydrogen-bond acceptors (Lipinski definition) is 2. The average molecular weight is 243 g/mol. The van der Waals surface area contributed by atoms with Gasteiger partial charge < -0.3 is 10.4 Å². The maximum Gasteiger partial charge on any atom is 0.220 e. The van der Waals surface area contributed by atoms with E-state index in [1.165, 1.54) is 25.7 Å². The molecule has 0 heterocycles. The molecule has 0 spiro atoms. The van der Waals surface area contributed by atoms with Gasteiger partial charge in [0, 0.05) is 12.5 Å². The van der Waals surface area contributed by atoms with Crippen molar-refractivity contribution in [3.05, 3.63) is 0 Å². The number of hydrogen-bond donors (Lipinski definition) is 2. The van der Waals surface area contributed by atoms with E-state index in [1.54, 1.807) is 6.92 Å². The standard InChI is InChI=1S/C14H29NO2/c1-4-5-6-7-8-9-10-14(17)15-12(2)11-13(3)16/h12-13,16H,4-11H2,1-3H3,(H,15,17). The second-order valence-electron chi connectivity index (χ2n) is 5.07. The minimum atomic E-state index is -0.348. The summed E-state index contributed by atoms with van der Waals surface area (Å²) in [5.74, 6) is 0.119. The Morgan fingerprint density at radius 2 is 1.71 bits per heavy atom. The van der Waals surface area contributed by atoms with Crippen molar-refractivity contribution in [1.29, 1.82) is 0 Å². The SMILES string of the molecule is CCCCCCCCC(=O)NC(C)CC(C)O. The monoisotopic (exact) mass is 243 g/mol. The minimum Gasteiger partial charge on any atom is -0.393 e. The van der Waals surface area contributed by atoms with Gasteiger partial charge in [-0.15, -0.1) is 0 Å². The molecular weight excluding hydrogens is 214 g/mol. The molecule has 17 heavy (non-hydrogen) atoms. The van der Waals surface area contributed by atoms with E-state index in [0.717, 1.165) is 12.8 Å². The lowest BCUT2D eigenvalue weighted by molar-refractivity contribution is -0.121. The Kier molecular flexibility index (Phi) is 10.2. The number of nitrogens with one attached hydrogen (secondary N) is 1. The third-order valence-electron chi connectivity index (χ3n) is 2.86. The number of rotatable bonds is 10. The number of carbonyl (C=O) groups excluding carboxylic acids is 1. The Morgan fingerprint density at radius 3 is 2.29 bits per heavy atom. The van der Waals surface area contributed by atoms with Gasteiger partial charge in [0.2, 0.25) is 5.91 Å². The summed E-state index contributed by atoms with van der Waals surface area (Å²) in [5, 5.41) is 12.1. The molecule has 0 rings (SSSR count). The van der Waals surface area contributed by atoms with Gasteiger partial charge in [0.1, 0.15) is 0 Å². The Morgan fingerprint density at radius 1 is 1.12 bits per heavy atom. The maximum absolute atomic E-state index is 11.5. The first-order valence-electron chi connectivity index (χ1n) is 7.03. The Hall–Kier alpha value is -0.570. The number of amides is 1. The average Bonchev–Trinajstić information content (AvgIpc) is 2.21. The number of unbranched alkanes of at least 4 members (excludes halogenated alkanes) is 5. The molecule has 0 aliphatic carbocycles. The van der Waals surface area contributed by atoms with Gasteiger partial charge in [-0.25, -0.2) is 0 Å². The lowest BCUT2D eigenvalue weighted by Gasteiger charge is -2.15. The van der Waals surface area contributed by atoms with Crippen LogP contribution in [0.1, 0.15) is 72.1 Å². The predicted octanol–water partition coefficient (Wildman–Crippen LogP) is 3.01. The zero-order valence-corrected chi connectivity index (χ0v) is 11.7. The van der Waals surface area contributed by atoms with Crippen LogP contribution in [0.15, 0.2) is 0 Å². The molecule has 102 valence electrons. The van der Waals surface area contributed by atoms with E-state index in [4.69, 9.17) is 0 Å². The van der Waals surface area contributed by atoms with E-state index in [1.807, 2.05) is 6.92 Å². The van der Waals surface area contributed by atoms with Crippen LogP contribution in [-0.2, 0) is 4.79 Å². The molecule has 2 N–H and O–H groups in total. The molecule has 0 aromatic heterocycles. The first kappa shape index (κ1) is 16.4. The largest absolute Gasteiger partial charge is 0.393 e. The molecule has 0 aliphatic rings. The zero-order chi connectivity index (χ0) is 13.1. The van der Waals surface area contributed by atoms with E-state index in [2.05, 4.69) is 12.2 Å². The van der Waals surface area contributed by atoms with E-state index in [0.29, 0.717) is 12.8 Å². The molecule has 0 radical (unpaired) electrons. The first-order valence-corrected chi connectivity index (χ1v) is 7.03. The van der Waals surface area contributed by atoms with Crippen molar-refractivity contribution < 1.29 is 9.90 Å². The topological polar surface area (TPSA) is 49.3 Å². The van der Waals surface area contributed by atoms with Gasteiger partial charge in [-0.3, -0.25) is 4.79 Å². The number of carbonyl (C=O) groups is 1. The van der Waals surface area contributed by atoms with E-state index in [-0.39, 0.29) is 18.1 Å². The Labute approximate surface area is 106 Å². The van der Waals surface area contributed by atoms with Crippen molar-refractivity contribution >= 4 is 5.91 Å². The second-order valence-corrected chi connectivity index (χ2v) is 5.07. The third kappa shape index (κ3) is 11.7. The molecule has 3 nitrogen and oxygen atoms in total. The first-order chi connectivity index (χ1) is 8.06. The van der Waals surface area contributed by atoms with Crippen LogP contribution in [0.2, 0.25) is 0 Å². The maximum atomic E-state index is 11.5. The lowest BCUT2D eigenvalue weighted by atomic mass is 10.1. The summed E-state index contributed by atoms with van der Waals surface area (Å²) in [4.78, 5) is 11.5. The third-order valence-corrected chi connectivity index (χ3v) is 2.86. The fraction of sp³-hybridized carbons (Fsp3) is 0.929. The smallest absolute Gasteiger partial charge is 0.220 e. The van der Waals surface area contributed by atoms with E-state index >= 15 is 0 Å². The van der Waals surface area contributed by atoms with E-state index in [9.17, 15) is 9.90 Å². The summed E-state index contributed by atoms with van der Waals surface area (Å²) in [5.41, 5.74) is 0. The van der Waals surface area contributed by atoms with Gasteiger partial charge in [0.25, 0.3) is 0 Å². The highest BCUT2D eigenvalue weighted by Crippen LogP contribution is 2.07. The van der Waals surface area contributed by atoms with Gasteiger partial charge in [-0.1, -0.05) is 39.0 Å². The summed E-state index contributed by atoms with van der Waals surface area (Å²) < 4.78 is 0. The highest BCUT2D eigenvalue weighted by Gasteiger charge is 2.09. The Balaban J connectivity index is 3.40. The quantitative estimate of drug-likeness (QED) is 0.579. The van der Waals surface area contributed by atoms with Crippen molar-refractivity contribution in [3.8, 4) is 0 Å². The summed E-state index contributed by atoms with van der Waals surface area (Å²) in [6, 6.07) is 0.0718. The fourth-order valence-corrected chi connectivity index (χ4v) is 1.98. The molecule has 2 atom stereocenters. The molecule has 1 amide bonds. The van der Waals surface area contributed by atoms with Gasteiger partial charge in [-0.2, -0.15) is 0 Å². The van der Waals surface area contributed by atoms with Gasteiger partial charge in [0.05, 0.1) is 6.10 Å². The molecule has 0 saturated carbocycles. The fourth-order valence-electron chi connectivity index (χ4n) is 1.98. The summed E-state index contributed by atoms with van der Waals surface area (Å²) in [6.45, 7) is 5.89. The van der Waals surface area contributed by atoms with Crippen LogP contribution in [0.25, 0.3) is 0 Å². The molecule has 0 bridgehead atoms. The molecule has 0 aromatic carbocycles. The molecular formula is C14H29NO2. The van der Waals surface area contributed by atoms with Gasteiger partial charge in [0.15, 0.2) is 0 Å². The summed E-state index contributed by atoms with van der Waals surface area (Å²) >= 11 is 0. The molecule has 0 aliphatic heterocycles. The van der Waals surface area contributed by atoms with Crippen LogP contribution < -0.4 is 5.32 Å². The van der Waals surface area contributed by atoms with Crippen LogP contribution >= 0.6 is 0 Å². The zero-order valence-electron chi connectivity index (χ0n) is 11.7. The van der Waals surface area contributed by atoms with E-state index < -0.39 is 0 Å². The molecule has 0 saturated heterocycles. The number of aliphatic hydroxyl groups is 1. The Bertz CT molecular complexity index is 193. The lowest BCUT2D eigenvalue weighted by Crippen LogP contribution is -2.34. The molecule has 0 aromatic rings. The van der Waals surface area contributed by atoms with Crippen LogP contribution in [-0.4, -0.2) is 23.2 Å². The van der Waals surface area contributed by atoms with Gasteiger partial charge >= 0.3 is 0 Å². The summed E-state index contributed by atoms with van der Waals surface area (Å²) in [7, 11) is 0. The molecule has 3 heteroatoms.